The van der Waals surface area contributed by atoms with Crippen LogP contribution in [0.15, 0.2) is 0 Å². The van der Waals surface area contributed by atoms with Crippen molar-refractivity contribution in [1.29, 1.82) is 0 Å². The van der Waals surface area contributed by atoms with Crippen LogP contribution in [0.1, 0.15) is 44.9 Å². The van der Waals surface area contributed by atoms with Crippen LogP contribution in [0, 0.1) is 0 Å². The van der Waals surface area contributed by atoms with E-state index in [4.69, 9.17) is 4.74 Å². The predicted octanol–water partition coefficient (Wildman–Crippen LogP) is 1.42. The topological polar surface area (TPSA) is 49.9 Å². The molecule has 20 heavy (non-hydrogen) atoms. The Morgan fingerprint density at radius 3 is 2.30 bits per heavy atom. The Balaban J connectivity index is 1.87. The minimum Gasteiger partial charge on any atom is -0.468 e. The fourth-order valence-corrected chi connectivity index (χ4v) is 3.19. The Kier molecular flexibility index (Phi) is 5.83. The van der Waals surface area contributed by atoms with Crippen LogP contribution in [0.4, 0.5) is 0 Å². The number of ether oxygens (including phenoxy) is 1. The number of rotatable bonds is 3. The van der Waals surface area contributed by atoms with E-state index in [0.29, 0.717) is 6.54 Å². The lowest BCUT2D eigenvalue weighted by Crippen LogP contribution is -2.45. The minimum absolute atomic E-state index is 0.169. The number of esters is 1. The summed E-state index contributed by atoms with van der Waals surface area (Å²) < 4.78 is 4.82. The molecule has 2 aliphatic heterocycles. The third-order valence-corrected chi connectivity index (χ3v) is 4.38. The van der Waals surface area contributed by atoms with Crippen molar-refractivity contribution in [2.75, 3.05) is 33.3 Å². The minimum atomic E-state index is -0.223. The molecule has 0 saturated carbocycles. The summed E-state index contributed by atoms with van der Waals surface area (Å²) in [6, 6.07) is -0.223. The van der Waals surface area contributed by atoms with E-state index in [-0.39, 0.29) is 17.9 Å². The fraction of sp³-hybridized carbons (Fsp3) is 0.867. The molecule has 1 unspecified atom stereocenters. The quantitative estimate of drug-likeness (QED) is 0.735. The second-order valence-corrected chi connectivity index (χ2v) is 5.80. The van der Waals surface area contributed by atoms with Gasteiger partial charge in [0.2, 0.25) is 5.91 Å². The van der Waals surface area contributed by atoms with Gasteiger partial charge >= 0.3 is 5.97 Å². The summed E-state index contributed by atoms with van der Waals surface area (Å²) in [4.78, 5) is 28.1. The van der Waals surface area contributed by atoms with Gasteiger partial charge in [-0.3, -0.25) is 14.5 Å². The van der Waals surface area contributed by atoms with E-state index in [0.717, 1.165) is 45.3 Å². The van der Waals surface area contributed by atoms with E-state index in [2.05, 4.69) is 0 Å². The molecule has 2 rings (SSSR count). The van der Waals surface area contributed by atoms with Gasteiger partial charge in [-0.1, -0.05) is 19.3 Å². The number of hydrogen-bond acceptors (Lipinski definition) is 4. The van der Waals surface area contributed by atoms with Crippen LogP contribution in [-0.2, 0) is 14.3 Å². The van der Waals surface area contributed by atoms with Gasteiger partial charge in [-0.05, 0) is 32.2 Å². The van der Waals surface area contributed by atoms with Crippen molar-refractivity contribution in [1.82, 2.24) is 9.80 Å². The van der Waals surface area contributed by atoms with Crippen molar-refractivity contribution < 1.29 is 14.3 Å². The third-order valence-electron chi connectivity index (χ3n) is 4.38. The summed E-state index contributed by atoms with van der Waals surface area (Å²) in [7, 11) is 1.42. The Bertz CT molecular complexity index is 338. The van der Waals surface area contributed by atoms with Crippen molar-refractivity contribution in [3.8, 4) is 0 Å². The van der Waals surface area contributed by atoms with Crippen molar-refractivity contribution >= 4 is 11.9 Å². The number of amides is 1. The molecule has 0 aliphatic carbocycles. The van der Waals surface area contributed by atoms with Crippen LogP contribution in [0.25, 0.3) is 0 Å². The maximum Gasteiger partial charge on any atom is 0.323 e. The second kappa shape index (κ2) is 7.62. The van der Waals surface area contributed by atoms with Crippen LogP contribution in [0.5, 0.6) is 0 Å². The smallest absolute Gasteiger partial charge is 0.323 e. The first-order chi connectivity index (χ1) is 9.72. The highest BCUT2D eigenvalue weighted by Gasteiger charge is 2.33. The molecule has 0 N–H and O–H groups in total. The van der Waals surface area contributed by atoms with E-state index in [9.17, 15) is 9.59 Å². The Hall–Kier alpha value is -1.10. The molecule has 0 aromatic rings. The van der Waals surface area contributed by atoms with Crippen molar-refractivity contribution in [3.05, 3.63) is 0 Å². The van der Waals surface area contributed by atoms with Gasteiger partial charge in [0.05, 0.1) is 13.7 Å². The highest BCUT2D eigenvalue weighted by Crippen LogP contribution is 2.19. The molecule has 2 saturated heterocycles. The number of carbonyl (C=O) groups excluding carboxylic acids is 2. The molecule has 0 spiro atoms. The predicted molar refractivity (Wildman–Crippen MR) is 76.3 cm³/mol. The Labute approximate surface area is 121 Å². The van der Waals surface area contributed by atoms with E-state index in [1.165, 1.54) is 26.4 Å². The highest BCUT2D eigenvalue weighted by molar-refractivity contribution is 5.81. The molecule has 0 radical (unpaired) electrons. The maximum absolute atomic E-state index is 12.4. The highest BCUT2D eigenvalue weighted by atomic mass is 16.5. The molecule has 5 nitrogen and oxygen atoms in total. The van der Waals surface area contributed by atoms with Gasteiger partial charge in [-0.2, -0.15) is 0 Å². The van der Waals surface area contributed by atoms with Gasteiger partial charge in [0.25, 0.3) is 0 Å². The van der Waals surface area contributed by atoms with Crippen LogP contribution in [-0.4, -0.2) is 61.0 Å². The molecule has 114 valence electrons. The molecule has 5 heteroatoms. The largest absolute Gasteiger partial charge is 0.468 e. The van der Waals surface area contributed by atoms with Crippen LogP contribution in [0.2, 0.25) is 0 Å². The van der Waals surface area contributed by atoms with Crippen LogP contribution in [0.3, 0.4) is 0 Å². The summed E-state index contributed by atoms with van der Waals surface area (Å²) in [5.41, 5.74) is 0. The molecule has 2 aliphatic rings. The molecule has 1 atom stereocenters. The van der Waals surface area contributed by atoms with Gasteiger partial charge < -0.3 is 9.64 Å². The first-order valence-corrected chi connectivity index (χ1v) is 7.82. The van der Waals surface area contributed by atoms with Crippen LogP contribution >= 0.6 is 0 Å². The number of methoxy groups -OCH3 is 1. The van der Waals surface area contributed by atoms with Gasteiger partial charge in [0.1, 0.15) is 6.04 Å². The number of hydrogen-bond donors (Lipinski definition) is 0. The van der Waals surface area contributed by atoms with E-state index in [1.807, 2.05) is 9.80 Å². The number of carbonyl (C=O) groups is 2. The second-order valence-electron chi connectivity index (χ2n) is 5.80. The maximum atomic E-state index is 12.4. The average Bonchev–Trinajstić information content (AvgIpc) is 2.85. The van der Waals surface area contributed by atoms with Gasteiger partial charge in [-0.25, -0.2) is 0 Å². The molecule has 0 aromatic heterocycles. The molecule has 0 aromatic carbocycles. The Morgan fingerprint density at radius 2 is 1.65 bits per heavy atom. The van der Waals surface area contributed by atoms with Crippen molar-refractivity contribution in [3.63, 3.8) is 0 Å². The van der Waals surface area contributed by atoms with Gasteiger partial charge in [-0.15, -0.1) is 0 Å². The van der Waals surface area contributed by atoms with E-state index < -0.39 is 0 Å². The zero-order chi connectivity index (χ0) is 14.4. The third kappa shape index (κ3) is 3.95. The molecular weight excluding hydrogens is 256 g/mol. The van der Waals surface area contributed by atoms with E-state index in [1.54, 1.807) is 0 Å². The molecule has 1 amide bonds. The first kappa shape index (κ1) is 15.3. The zero-order valence-electron chi connectivity index (χ0n) is 12.5. The average molecular weight is 282 g/mol. The lowest BCUT2D eigenvalue weighted by Gasteiger charge is -2.28. The van der Waals surface area contributed by atoms with Gasteiger partial charge in [0.15, 0.2) is 0 Å². The molecular formula is C15H26N2O3. The fourth-order valence-electron chi connectivity index (χ4n) is 3.19. The van der Waals surface area contributed by atoms with Gasteiger partial charge in [0, 0.05) is 13.1 Å². The summed E-state index contributed by atoms with van der Waals surface area (Å²) >= 11 is 0. The SMILES string of the molecule is COC(=O)C1CCCN1CC(=O)N1CCCCCCC1. The lowest BCUT2D eigenvalue weighted by molar-refractivity contribution is -0.146. The molecule has 2 fully saturated rings. The Morgan fingerprint density at radius 1 is 1.00 bits per heavy atom. The summed E-state index contributed by atoms with van der Waals surface area (Å²) in [5.74, 6) is -0.0364. The summed E-state index contributed by atoms with van der Waals surface area (Å²) in [6.07, 6.45) is 7.71. The summed E-state index contributed by atoms with van der Waals surface area (Å²) in [5, 5.41) is 0. The monoisotopic (exact) mass is 282 g/mol. The number of nitrogens with zero attached hydrogens (tertiary/aromatic N) is 2. The zero-order valence-corrected chi connectivity index (χ0v) is 12.5. The lowest BCUT2D eigenvalue weighted by atomic mass is 10.1. The first-order valence-electron chi connectivity index (χ1n) is 7.82. The van der Waals surface area contributed by atoms with Crippen molar-refractivity contribution in [2.45, 2.75) is 51.0 Å². The standard InChI is InChI=1S/C15H26N2O3/c1-20-15(19)13-8-7-11-17(13)12-14(18)16-9-5-3-2-4-6-10-16/h13H,2-12H2,1H3. The van der Waals surface area contributed by atoms with E-state index >= 15 is 0 Å². The van der Waals surface area contributed by atoms with Crippen LogP contribution < -0.4 is 0 Å². The normalized spacial score (nSPS) is 25.1. The molecule has 0 bridgehead atoms. The van der Waals surface area contributed by atoms with Crippen molar-refractivity contribution in [2.24, 2.45) is 0 Å². The number of likely N-dealkylation sites (tertiary alicyclic amines) is 2. The summed E-state index contributed by atoms with van der Waals surface area (Å²) in [6.45, 7) is 2.92. The molecule has 2 heterocycles.